The third-order valence-electron chi connectivity index (χ3n) is 2.81. The van der Waals surface area contributed by atoms with Gasteiger partial charge in [0, 0.05) is 13.0 Å². The van der Waals surface area contributed by atoms with E-state index in [9.17, 15) is 5.11 Å². The molecule has 0 fully saturated rings. The molecule has 0 radical (unpaired) electrons. The minimum atomic E-state index is -0.905. The molecule has 0 spiro atoms. The summed E-state index contributed by atoms with van der Waals surface area (Å²) in [5.74, 6) is 1.39. The molecule has 1 aromatic carbocycles. The Morgan fingerprint density at radius 3 is 2.61 bits per heavy atom. The Bertz CT molecular complexity index is 391. The zero-order valence-corrected chi connectivity index (χ0v) is 11.6. The van der Waals surface area contributed by atoms with E-state index in [1.54, 1.807) is 14.0 Å². The molecule has 4 nitrogen and oxygen atoms in total. The maximum absolute atomic E-state index is 9.91. The lowest BCUT2D eigenvalue weighted by Crippen LogP contribution is -2.38. The number of hydrogen-bond acceptors (Lipinski definition) is 4. The molecule has 1 rings (SSSR count). The highest BCUT2D eigenvalue weighted by atomic mass is 16.5. The van der Waals surface area contributed by atoms with Gasteiger partial charge in [-0.3, -0.25) is 0 Å². The van der Waals surface area contributed by atoms with Crippen molar-refractivity contribution in [3.8, 4) is 11.5 Å². The van der Waals surface area contributed by atoms with Crippen LogP contribution in [0.5, 0.6) is 11.5 Å². The average molecular weight is 253 g/mol. The topological polar surface area (TPSA) is 64.7 Å². The third kappa shape index (κ3) is 4.20. The van der Waals surface area contributed by atoms with Crippen LogP contribution in [-0.4, -0.2) is 30.5 Å². The first-order valence-corrected chi connectivity index (χ1v) is 6.11. The van der Waals surface area contributed by atoms with Crippen molar-refractivity contribution in [3.05, 3.63) is 23.8 Å². The molecule has 0 bridgehead atoms. The van der Waals surface area contributed by atoms with Crippen LogP contribution in [0.3, 0.4) is 0 Å². The van der Waals surface area contributed by atoms with Crippen LogP contribution in [0.15, 0.2) is 18.2 Å². The summed E-state index contributed by atoms with van der Waals surface area (Å²) >= 11 is 0. The maximum atomic E-state index is 9.91. The molecule has 0 saturated carbocycles. The summed E-state index contributed by atoms with van der Waals surface area (Å²) < 4.78 is 11.1. The molecular weight excluding hydrogens is 230 g/mol. The Kier molecular flexibility index (Phi) is 4.99. The van der Waals surface area contributed by atoms with Gasteiger partial charge in [0.05, 0.1) is 18.8 Å². The van der Waals surface area contributed by atoms with Crippen molar-refractivity contribution in [2.24, 2.45) is 5.73 Å². The number of hydrogen-bond donors (Lipinski definition) is 2. The van der Waals surface area contributed by atoms with Gasteiger partial charge in [0.2, 0.25) is 0 Å². The minimum Gasteiger partial charge on any atom is -0.493 e. The molecule has 18 heavy (non-hydrogen) atoms. The quantitative estimate of drug-likeness (QED) is 0.812. The first-order chi connectivity index (χ1) is 8.38. The van der Waals surface area contributed by atoms with E-state index in [0.29, 0.717) is 17.9 Å². The van der Waals surface area contributed by atoms with Crippen molar-refractivity contribution < 1.29 is 14.6 Å². The van der Waals surface area contributed by atoms with Crippen molar-refractivity contribution in [1.29, 1.82) is 0 Å². The molecule has 0 aliphatic rings. The van der Waals surface area contributed by atoms with Crippen molar-refractivity contribution in [2.75, 3.05) is 13.7 Å². The predicted octanol–water partition coefficient (Wildman–Crippen LogP) is 1.87. The van der Waals surface area contributed by atoms with Crippen LogP contribution in [0.2, 0.25) is 0 Å². The highest BCUT2D eigenvalue weighted by Crippen LogP contribution is 2.29. The lowest BCUT2D eigenvalue weighted by atomic mass is 9.99. The van der Waals surface area contributed by atoms with Gasteiger partial charge in [0.1, 0.15) is 0 Å². The number of benzene rings is 1. The Labute approximate surface area is 109 Å². The van der Waals surface area contributed by atoms with Crippen molar-refractivity contribution in [3.63, 3.8) is 0 Å². The minimum absolute atomic E-state index is 0.139. The van der Waals surface area contributed by atoms with Crippen LogP contribution in [0.25, 0.3) is 0 Å². The van der Waals surface area contributed by atoms with E-state index < -0.39 is 5.60 Å². The van der Waals surface area contributed by atoms with Gasteiger partial charge in [-0.05, 0) is 38.5 Å². The fourth-order valence-electron chi connectivity index (χ4n) is 1.83. The second kappa shape index (κ2) is 6.07. The number of aryl methyl sites for hydroxylation is 1. The molecule has 2 atom stereocenters. The highest BCUT2D eigenvalue weighted by Gasteiger charge is 2.23. The largest absolute Gasteiger partial charge is 0.493 e. The van der Waals surface area contributed by atoms with Gasteiger partial charge in [-0.2, -0.15) is 0 Å². The van der Waals surface area contributed by atoms with Crippen molar-refractivity contribution in [2.45, 2.75) is 38.9 Å². The predicted molar refractivity (Wildman–Crippen MR) is 72.1 cm³/mol. The fraction of sp³-hybridized carbons (Fsp3) is 0.571. The molecule has 4 heteroatoms. The summed E-state index contributed by atoms with van der Waals surface area (Å²) in [6.45, 7) is 5.82. The SMILES string of the molecule is COc1cc(C)ccc1OC(C)CC(C)(O)CN. The smallest absolute Gasteiger partial charge is 0.161 e. The van der Waals surface area contributed by atoms with Gasteiger partial charge < -0.3 is 20.3 Å². The van der Waals surface area contributed by atoms with Gasteiger partial charge in [-0.25, -0.2) is 0 Å². The lowest BCUT2D eigenvalue weighted by molar-refractivity contribution is 0.0231. The van der Waals surface area contributed by atoms with Crippen LogP contribution >= 0.6 is 0 Å². The summed E-state index contributed by atoms with van der Waals surface area (Å²) in [6, 6.07) is 5.76. The first kappa shape index (κ1) is 14.8. The Morgan fingerprint density at radius 2 is 2.06 bits per heavy atom. The molecule has 2 unspecified atom stereocenters. The first-order valence-electron chi connectivity index (χ1n) is 6.11. The van der Waals surface area contributed by atoms with Gasteiger partial charge in [0.15, 0.2) is 11.5 Å². The molecule has 102 valence electrons. The Morgan fingerprint density at radius 1 is 1.39 bits per heavy atom. The molecule has 0 aromatic heterocycles. The second-order valence-corrected chi connectivity index (χ2v) is 4.99. The molecule has 0 aliphatic carbocycles. The number of rotatable bonds is 6. The summed E-state index contributed by atoms with van der Waals surface area (Å²) in [6.07, 6.45) is 0.334. The summed E-state index contributed by atoms with van der Waals surface area (Å²) in [5, 5.41) is 9.91. The zero-order chi connectivity index (χ0) is 13.8. The molecule has 0 heterocycles. The summed E-state index contributed by atoms with van der Waals surface area (Å²) in [7, 11) is 1.61. The summed E-state index contributed by atoms with van der Waals surface area (Å²) in [4.78, 5) is 0. The maximum Gasteiger partial charge on any atom is 0.161 e. The van der Waals surface area contributed by atoms with Crippen molar-refractivity contribution in [1.82, 2.24) is 0 Å². The standard InChI is InChI=1S/C14H23NO3/c1-10-5-6-12(13(7-10)17-4)18-11(2)8-14(3,16)9-15/h5-7,11,16H,8-9,15H2,1-4H3. The van der Waals surface area contributed by atoms with Crippen LogP contribution in [-0.2, 0) is 0 Å². The number of ether oxygens (including phenoxy) is 2. The number of aliphatic hydroxyl groups is 1. The molecule has 1 aromatic rings. The highest BCUT2D eigenvalue weighted by molar-refractivity contribution is 5.42. The average Bonchev–Trinajstić information content (AvgIpc) is 2.30. The summed E-state index contributed by atoms with van der Waals surface area (Å²) in [5.41, 5.74) is 5.70. The Balaban J connectivity index is 2.72. The number of nitrogens with two attached hydrogens (primary N) is 1. The van der Waals surface area contributed by atoms with Gasteiger partial charge >= 0.3 is 0 Å². The lowest BCUT2D eigenvalue weighted by Gasteiger charge is -2.26. The third-order valence-corrected chi connectivity index (χ3v) is 2.81. The molecule has 0 saturated heterocycles. The Hall–Kier alpha value is -1.26. The van der Waals surface area contributed by atoms with Crippen LogP contribution < -0.4 is 15.2 Å². The van der Waals surface area contributed by atoms with E-state index in [4.69, 9.17) is 15.2 Å². The van der Waals surface area contributed by atoms with E-state index in [2.05, 4.69) is 0 Å². The monoisotopic (exact) mass is 253 g/mol. The fourth-order valence-corrected chi connectivity index (χ4v) is 1.83. The van der Waals surface area contributed by atoms with Crippen LogP contribution in [0.1, 0.15) is 25.8 Å². The van der Waals surface area contributed by atoms with E-state index in [0.717, 1.165) is 5.56 Å². The van der Waals surface area contributed by atoms with Gasteiger partial charge in [0.25, 0.3) is 0 Å². The van der Waals surface area contributed by atoms with Gasteiger partial charge in [-0.15, -0.1) is 0 Å². The van der Waals surface area contributed by atoms with E-state index in [1.165, 1.54) is 0 Å². The van der Waals surface area contributed by atoms with E-state index >= 15 is 0 Å². The van der Waals surface area contributed by atoms with E-state index in [-0.39, 0.29) is 12.6 Å². The molecule has 0 aliphatic heterocycles. The molecule has 0 amide bonds. The van der Waals surface area contributed by atoms with Crippen LogP contribution in [0.4, 0.5) is 0 Å². The zero-order valence-electron chi connectivity index (χ0n) is 11.6. The normalized spacial score (nSPS) is 15.9. The van der Waals surface area contributed by atoms with E-state index in [1.807, 2.05) is 32.0 Å². The van der Waals surface area contributed by atoms with Crippen LogP contribution in [0, 0.1) is 6.92 Å². The second-order valence-electron chi connectivity index (χ2n) is 4.99. The number of methoxy groups -OCH3 is 1. The van der Waals surface area contributed by atoms with Gasteiger partial charge in [-0.1, -0.05) is 6.07 Å². The van der Waals surface area contributed by atoms with Crippen molar-refractivity contribution >= 4 is 0 Å². The molecular formula is C14H23NO3. The molecule has 3 N–H and O–H groups in total.